The molecule has 2 aliphatic heterocycles. The van der Waals surface area contributed by atoms with Crippen LogP contribution in [0.3, 0.4) is 0 Å². The molecule has 2 aliphatic rings. The molecule has 25 heavy (non-hydrogen) atoms. The number of urea groups is 1. The molecule has 2 fully saturated rings. The van der Waals surface area contributed by atoms with E-state index in [0.717, 1.165) is 4.90 Å². The van der Waals surface area contributed by atoms with Gasteiger partial charge in [-0.15, -0.1) is 0 Å². The second kappa shape index (κ2) is 5.56. The van der Waals surface area contributed by atoms with Crippen molar-refractivity contribution in [3.05, 3.63) is 42.0 Å². The second-order valence-corrected chi connectivity index (χ2v) is 6.12. The number of amides is 3. The molecule has 0 unspecified atom stereocenters. The highest BCUT2D eigenvalue weighted by Gasteiger charge is 2.52. The predicted octanol–water partition coefficient (Wildman–Crippen LogP) is 1.53. The fourth-order valence-electron chi connectivity index (χ4n) is 3.63. The fourth-order valence-corrected chi connectivity index (χ4v) is 3.63. The number of hydrogen-bond donors (Lipinski definition) is 1. The highest BCUT2D eigenvalue weighted by atomic mass is 16.5. The van der Waals surface area contributed by atoms with Gasteiger partial charge in [0.15, 0.2) is 0 Å². The molecule has 0 aliphatic carbocycles. The van der Waals surface area contributed by atoms with Crippen molar-refractivity contribution < 1.29 is 24.2 Å². The van der Waals surface area contributed by atoms with Crippen LogP contribution in [0, 0.1) is 0 Å². The maximum Gasteiger partial charge on any atom is 0.338 e. The number of fused-ring (bicyclic) bond motifs is 2. The molecule has 4 rings (SSSR count). The van der Waals surface area contributed by atoms with Crippen LogP contribution in [0.1, 0.15) is 16.8 Å². The van der Waals surface area contributed by atoms with E-state index in [2.05, 4.69) is 0 Å². The number of ether oxygens (including phenoxy) is 1. The number of benzene rings is 2. The average Bonchev–Trinajstić information content (AvgIpc) is 3.13. The lowest BCUT2D eigenvalue weighted by atomic mass is 10.0. The molecule has 128 valence electrons. The molecule has 7 nitrogen and oxygen atoms in total. The summed E-state index contributed by atoms with van der Waals surface area (Å²) in [7, 11) is 1.30. The van der Waals surface area contributed by atoms with Crippen molar-refractivity contribution in [3.63, 3.8) is 0 Å². The normalized spacial score (nSPS) is 22.6. The van der Waals surface area contributed by atoms with Gasteiger partial charge in [-0.3, -0.25) is 4.79 Å². The van der Waals surface area contributed by atoms with Crippen LogP contribution in [0.15, 0.2) is 36.4 Å². The van der Waals surface area contributed by atoms with Crippen LogP contribution in [0.5, 0.6) is 0 Å². The number of esters is 1. The SMILES string of the molecule is COC(=O)c1ccc(N2C(=O)[C@@H]3[C@H](O)CCN3C2=O)c2ccccc12. The van der Waals surface area contributed by atoms with E-state index in [1.165, 1.54) is 12.0 Å². The first-order valence-corrected chi connectivity index (χ1v) is 7.97. The number of anilines is 1. The first-order chi connectivity index (χ1) is 12.0. The third kappa shape index (κ3) is 2.12. The van der Waals surface area contributed by atoms with Gasteiger partial charge in [-0.2, -0.15) is 0 Å². The molecule has 2 heterocycles. The minimum Gasteiger partial charge on any atom is -0.465 e. The molecule has 2 aromatic rings. The van der Waals surface area contributed by atoms with E-state index in [1.54, 1.807) is 36.4 Å². The highest BCUT2D eigenvalue weighted by molar-refractivity contribution is 6.25. The van der Waals surface area contributed by atoms with Gasteiger partial charge in [0.2, 0.25) is 0 Å². The Kier molecular flexibility index (Phi) is 3.47. The van der Waals surface area contributed by atoms with E-state index >= 15 is 0 Å². The van der Waals surface area contributed by atoms with Crippen molar-refractivity contribution in [2.24, 2.45) is 0 Å². The Hall–Kier alpha value is -2.93. The molecule has 1 N–H and O–H groups in total. The van der Waals surface area contributed by atoms with Crippen molar-refractivity contribution >= 4 is 34.4 Å². The molecule has 0 spiro atoms. The molecule has 7 heteroatoms. The van der Waals surface area contributed by atoms with Crippen LogP contribution in [0.25, 0.3) is 10.8 Å². The van der Waals surface area contributed by atoms with Gasteiger partial charge >= 0.3 is 12.0 Å². The van der Waals surface area contributed by atoms with Crippen LogP contribution in [-0.2, 0) is 9.53 Å². The van der Waals surface area contributed by atoms with E-state index < -0.39 is 30.1 Å². The summed E-state index contributed by atoms with van der Waals surface area (Å²) in [6, 6.07) is 8.88. The smallest absolute Gasteiger partial charge is 0.338 e. The Morgan fingerprint density at radius 1 is 1.16 bits per heavy atom. The van der Waals surface area contributed by atoms with Crippen molar-refractivity contribution in [3.8, 4) is 0 Å². The Bertz CT molecular complexity index is 909. The van der Waals surface area contributed by atoms with E-state index in [4.69, 9.17) is 4.74 Å². The molecular weight excluding hydrogens is 324 g/mol. The molecule has 2 aromatic carbocycles. The number of nitrogens with zero attached hydrogens (tertiary/aromatic N) is 2. The van der Waals surface area contributed by atoms with Gasteiger partial charge < -0.3 is 14.7 Å². The third-order valence-electron chi connectivity index (χ3n) is 4.82. The Balaban J connectivity index is 1.87. The number of aliphatic hydroxyl groups excluding tert-OH is 1. The maximum atomic E-state index is 12.7. The lowest BCUT2D eigenvalue weighted by Crippen LogP contribution is -2.36. The molecule has 0 aromatic heterocycles. The highest BCUT2D eigenvalue weighted by Crippen LogP contribution is 2.36. The summed E-state index contributed by atoms with van der Waals surface area (Å²) in [6.07, 6.45) is -0.445. The quantitative estimate of drug-likeness (QED) is 0.662. The largest absolute Gasteiger partial charge is 0.465 e. The van der Waals surface area contributed by atoms with E-state index in [9.17, 15) is 19.5 Å². The number of imide groups is 1. The first-order valence-electron chi connectivity index (χ1n) is 7.97. The minimum atomic E-state index is -0.845. The lowest BCUT2D eigenvalue weighted by Gasteiger charge is -2.18. The molecule has 0 radical (unpaired) electrons. The Morgan fingerprint density at radius 3 is 2.56 bits per heavy atom. The number of methoxy groups -OCH3 is 1. The number of rotatable bonds is 2. The lowest BCUT2D eigenvalue weighted by molar-refractivity contribution is -0.121. The van der Waals surface area contributed by atoms with Crippen LogP contribution in [0.4, 0.5) is 10.5 Å². The van der Waals surface area contributed by atoms with Crippen molar-refractivity contribution in [2.75, 3.05) is 18.6 Å². The summed E-state index contributed by atoms with van der Waals surface area (Å²) < 4.78 is 4.80. The van der Waals surface area contributed by atoms with E-state index in [1.807, 2.05) is 0 Å². The topological polar surface area (TPSA) is 87.2 Å². The average molecular weight is 340 g/mol. The minimum absolute atomic E-state index is 0.352. The molecule has 0 saturated carbocycles. The number of carbonyl (C=O) groups is 3. The van der Waals surface area contributed by atoms with E-state index in [0.29, 0.717) is 35.0 Å². The summed E-state index contributed by atoms with van der Waals surface area (Å²) in [5.41, 5.74) is 0.765. The van der Waals surface area contributed by atoms with Crippen molar-refractivity contribution in [2.45, 2.75) is 18.6 Å². The Labute approximate surface area is 143 Å². The van der Waals surface area contributed by atoms with Gasteiger partial charge in [-0.1, -0.05) is 24.3 Å². The fraction of sp³-hybridized carbons (Fsp3) is 0.278. The summed E-state index contributed by atoms with van der Waals surface area (Å²) in [5, 5.41) is 11.2. The number of carbonyl (C=O) groups excluding carboxylic acids is 3. The maximum absolute atomic E-state index is 12.7. The number of hydrogen-bond acceptors (Lipinski definition) is 5. The monoisotopic (exact) mass is 340 g/mol. The summed E-state index contributed by atoms with van der Waals surface area (Å²) in [6.45, 7) is 0.352. The van der Waals surface area contributed by atoms with Crippen LogP contribution in [0.2, 0.25) is 0 Å². The standard InChI is InChI=1S/C18H16N2O5/c1-25-17(23)12-6-7-13(11-5-3-2-4-10(11)12)20-16(22)15-14(21)8-9-19(15)18(20)24/h2-7,14-15,21H,8-9H2,1H3/t14-,15+/m1/s1. The third-order valence-corrected chi connectivity index (χ3v) is 4.82. The van der Waals surface area contributed by atoms with Gasteiger partial charge in [0.05, 0.1) is 24.5 Å². The molecule has 3 amide bonds. The molecular formula is C18H16N2O5. The first kappa shape index (κ1) is 15.6. The van der Waals surface area contributed by atoms with Gasteiger partial charge in [0, 0.05) is 11.9 Å². The molecule has 0 bridgehead atoms. The zero-order valence-corrected chi connectivity index (χ0v) is 13.5. The predicted molar refractivity (Wildman–Crippen MR) is 89.3 cm³/mol. The summed E-state index contributed by atoms with van der Waals surface area (Å²) >= 11 is 0. The molecule has 2 atom stereocenters. The zero-order valence-electron chi connectivity index (χ0n) is 13.5. The summed E-state index contributed by atoms with van der Waals surface area (Å²) in [5.74, 6) is -0.927. The van der Waals surface area contributed by atoms with Crippen molar-refractivity contribution in [1.29, 1.82) is 0 Å². The van der Waals surface area contributed by atoms with Gasteiger partial charge in [-0.25, -0.2) is 14.5 Å². The van der Waals surface area contributed by atoms with Gasteiger partial charge in [-0.05, 0) is 23.9 Å². The van der Waals surface area contributed by atoms with Gasteiger partial charge in [0.1, 0.15) is 6.04 Å². The van der Waals surface area contributed by atoms with Crippen LogP contribution in [-0.4, -0.2) is 53.7 Å². The van der Waals surface area contributed by atoms with Crippen LogP contribution < -0.4 is 4.90 Å². The van der Waals surface area contributed by atoms with Gasteiger partial charge in [0.25, 0.3) is 5.91 Å². The Morgan fingerprint density at radius 2 is 1.88 bits per heavy atom. The van der Waals surface area contributed by atoms with E-state index in [-0.39, 0.29) is 0 Å². The second-order valence-electron chi connectivity index (χ2n) is 6.12. The van der Waals surface area contributed by atoms with Crippen LogP contribution >= 0.6 is 0 Å². The summed E-state index contributed by atoms with van der Waals surface area (Å²) in [4.78, 5) is 39.9. The molecule has 2 saturated heterocycles. The number of aliphatic hydroxyl groups is 1. The van der Waals surface area contributed by atoms with Crippen molar-refractivity contribution in [1.82, 2.24) is 4.90 Å². The zero-order chi connectivity index (χ0) is 17.7.